The molecule has 2 aliphatic rings. The summed E-state index contributed by atoms with van der Waals surface area (Å²) in [6.07, 6.45) is 5.62. The van der Waals surface area contributed by atoms with Crippen LogP contribution in [0.3, 0.4) is 0 Å². The van der Waals surface area contributed by atoms with Crippen LogP contribution in [0, 0.1) is 5.92 Å². The summed E-state index contributed by atoms with van der Waals surface area (Å²) < 4.78 is 0. The topological polar surface area (TPSA) is 98.8 Å². The molecule has 9 heteroatoms. The number of urea groups is 1. The van der Waals surface area contributed by atoms with Crippen molar-refractivity contribution in [2.24, 2.45) is 5.92 Å². The number of unbranched alkanes of at least 4 members (excludes halogenated alkanes) is 1. The second-order valence-electron chi connectivity index (χ2n) is 9.73. The highest BCUT2D eigenvalue weighted by atomic mass is 32.1. The zero-order valence-corrected chi connectivity index (χ0v) is 22.2. The van der Waals surface area contributed by atoms with E-state index < -0.39 is 6.03 Å². The van der Waals surface area contributed by atoms with Crippen LogP contribution in [0.1, 0.15) is 62.3 Å². The van der Waals surface area contributed by atoms with Gasteiger partial charge in [-0.1, -0.05) is 44.0 Å². The average molecular weight is 525 g/mol. The molecule has 2 N–H and O–H groups in total. The predicted molar refractivity (Wildman–Crippen MR) is 144 cm³/mol. The lowest BCUT2D eigenvalue weighted by Gasteiger charge is -2.46. The number of para-hydroxylation sites is 1. The Morgan fingerprint density at radius 3 is 2.62 bits per heavy atom. The van der Waals surface area contributed by atoms with Gasteiger partial charge in [0.05, 0.1) is 12.5 Å². The summed E-state index contributed by atoms with van der Waals surface area (Å²) in [5.41, 5.74) is 1.79. The zero-order chi connectivity index (χ0) is 26.2. The smallest absolute Gasteiger partial charge is 0.327 e. The van der Waals surface area contributed by atoms with Crippen molar-refractivity contribution in [3.05, 3.63) is 52.2 Å². The molecule has 0 bridgehead atoms. The largest absolute Gasteiger partial charge is 0.351 e. The summed E-state index contributed by atoms with van der Waals surface area (Å²) in [5, 5.41) is 7.84. The number of aryl methyl sites for hydroxylation is 1. The molecule has 1 aromatic carbocycles. The van der Waals surface area contributed by atoms with Gasteiger partial charge >= 0.3 is 6.03 Å². The maximum Gasteiger partial charge on any atom is 0.327 e. The van der Waals surface area contributed by atoms with E-state index in [-0.39, 0.29) is 42.8 Å². The Kier molecular flexibility index (Phi) is 9.33. The Labute approximate surface area is 222 Å². The van der Waals surface area contributed by atoms with Gasteiger partial charge in [-0.3, -0.25) is 19.3 Å². The Balaban J connectivity index is 1.33. The fraction of sp³-hybridized carbons (Fsp3) is 0.500. The summed E-state index contributed by atoms with van der Waals surface area (Å²) in [6, 6.07) is 11.0. The van der Waals surface area contributed by atoms with E-state index in [1.165, 1.54) is 4.90 Å². The number of benzene rings is 1. The third-order valence-corrected chi connectivity index (χ3v) is 8.13. The number of carbonyl (C=O) groups excluding carboxylic acids is 4. The highest BCUT2D eigenvalue weighted by Crippen LogP contribution is 2.34. The van der Waals surface area contributed by atoms with Crippen LogP contribution in [-0.4, -0.2) is 52.7 Å². The lowest BCUT2D eigenvalue weighted by molar-refractivity contribution is -0.141. The maximum absolute atomic E-state index is 13.4. The third-order valence-electron chi connectivity index (χ3n) is 7.25. The molecule has 4 rings (SSSR count). The Hall–Kier alpha value is -3.20. The molecule has 37 heavy (non-hydrogen) atoms. The number of hydrogen-bond donors (Lipinski definition) is 2. The number of nitrogens with one attached hydrogen (secondary N) is 2. The molecule has 1 saturated carbocycles. The number of thiophene rings is 1. The van der Waals surface area contributed by atoms with Crippen LogP contribution in [0.25, 0.3) is 0 Å². The molecule has 2 unspecified atom stereocenters. The first kappa shape index (κ1) is 26.9. The summed E-state index contributed by atoms with van der Waals surface area (Å²) in [7, 11) is 0. The van der Waals surface area contributed by atoms with Crippen LogP contribution in [-0.2, 0) is 27.3 Å². The molecule has 1 aromatic heterocycles. The molecule has 0 radical (unpaired) electrons. The van der Waals surface area contributed by atoms with E-state index in [1.54, 1.807) is 16.2 Å². The van der Waals surface area contributed by atoms with Crippen molar-refractivity contribution in [2.45, 2.75) is 70.9 Å². The first-order valence-electron chi connectivity index (χ1n) is 13.3. The first-order valence-corrected chi connectivity index (χ1v) is 14.1. The molecule has 1 aliphatic carbocycles. The van der Waals surface area contributed by atoms with E-state index >= 15 is 0 Å². The van der Waals surface area contributed by atoms with Crippen LogP contribution in [0.5, 0.6) is 0 Å². The molecule has 2 fully saturated rings. The third kappa shape index (κ3) is 6.77. The van der Waals surface area contributed by atoms with Crippen LogP contribution in [0.2, 0.25) is 0 Å². The molecule has 8 nitrogen and oxygen atoms in total. The van der Waals surface area contributed by atoms with Gasteiger partial charge in [0.15, 0.2) is 0 Å². The normalized spacial score (nSPS) is 19.5. The quantitative estimate of drug-likeness (QED) is 0.421. The standard InChI is InChI=1S/C28H36N4O4S/c1-2-20-10-3-5-13-23(20)30-26(34)19-32-24-14-6-4-12-22(24)27(35)31(28(32)36)16-8-7-15-25(33)29-18-21-11-9-17-37-21/h3,5,9-11,13,17,22,24H,2,4,6-8,12,14-16,18-19H2,1H3,(H,29,33)(H,30,34). The van der Waals surface area contributed by atoms with Gasteiger partial charge in [0, 0.05) is 29.6 Å². The number of anilines is 1. The average Bonchev–Trinajstić information content (AvgIpc) is 3.43. The number of imide groups is 1. The molecule has 1 saturated heterocycles. The van der Waals surface area contributed by atoms with Crippen LogP contribution in [0.4, 0.5) is 10.5 Å². The van der Waals surface area contributed by atoms with Crippen LogP contribution in [0.15, 0.2) is 41.8 Å². The molecule has 2 aromatic rings. The molecular weight excluding hydrogens is 488 g/mol. The van der Waals surface area contributed by atoms with Crippen molar-refractivity contribution in [3.8, 4) is 0 Å². The lowest BCUT2D eigenvalue weighted by atomic mass is 9.81. The fourth-order valence-electron chi connectivity index (χ4n) is 5.29. The molecule has 0 spiro atoms. The summed E-state index contributed by atoms with van der Waals surface area (Å²) in [4.78, 5) is 55.8. The highest BCUT2D eigenvalue weighted by Gasteiger charge is 2.47. The van der Waals surface area contributed by atoms with E-state index in [2.05, 4.69) is 10.6 Å². The van der Waals surface area contributed by atoms with Crippen molar-refractivity contribution < 1.29 is 19.2 Å². The van der Waals surface area contributed by atoms with Gasteiger partial charge < -0.3 is 15.5 Å². The summed E-state index contributed by atoms with van der Waals surface area (Å²) in [6.45, 7) is 2.73. The number of rotatable bonds is 11. The van der Waals surface area contributed by atoms with Gasteiger partial charge in [-0.05, 0) is 55.2 Å². The summed E-state index contributed by atoms with van der Waals surface area (Å²) in [5.74, 6) is -0.695. The molecule has 2 atom stereocenters. The molecule has 5 amide bonds. The fourth-order valence-corrected chi connectivity index (χ4v) is 5.94. The lowest BCUT2D eigenvalue weighted by Crippen LogP contribution is -2.63. The number of amides is 5. The van der Waals surface area contributed by atoms with Crippen molar-refractivity contribution in [2.75, 3.05) is 18.4 Å². The van der Waals surface area contributed by atoms with Gasteiger partial charge in [0.25, 0.3) is 0 Å². The maximum atomic E-state index is 13.4. The van der Waals surface area contributed by atoms with Crippen molar-refractivity contribution >= 4 is 40.8 Å². The molecular formula is C28H36N4O4S. The highest BCUT2D eigenvalue weighted by molar-refractivity contribution is 7.09. The van der Waals surface area contributed by atoms with E-state index in [0.29, 0.717) is 25.8 Å². The van der Waals surface area contributed by atoms with Gasteiger partial charge in [0.2, 0.25) is 17.7 Å². The second kappa shape index (κ2) is 12.9. The molecule has 1 aliphatic heterocycles. The zero-order valence-electron chi connectivity index (χ0n) is 21.4. The Morgan fingerprint density at radius 2 is 1.84 bits per heavy atom. The van der Waals surface area contributed by atoms with E-state index in [4.69, 9.17) is 0 Å². The van der Waals surface area contributed by atoms with Crippen molar-refractivity contribution in [1.29, 1.82) is 0 Å². The van der Waals surface area contributed by atoms with Gasteiger partial charge in [-0.2, -0.15) is 0 Å². The molecule has 198 valence electrons. The monoisotopic (exact) mass is 524 g/mol. The minimum atomic E-state index is -0.394. The van der Waals surface area contributed by atoms with Gasteiger partial charge in [0.1, 0.15) is 6.54 Å². The van der Waals surface area contributed by atoms with E-state index in [9.17, 15) is 19.2 Å². The SMILES string of the molecule is CCc1ccccc1NC(=O)CN1C(=O)N(CCCCC(=O)NCc2cccs2)C(=O)C2CCCCC21. The number of hydrogen-bond acceptors (Lipinski definition) is 5. The predicted octanol–water partition coefficient (Wildman–Crippen LogP) is 4.56. The Bertz CT molecular complexity index is 1100. The van der Waals surface area contributed by atoms with Crippen LogP contribution >= 0.6 is 11.3 Å². The number of nitrogens with zero attached hydrogens (tertiary/aromatic N) is 2. The minimum Gasteiger partial charge on any atom is -0.351 e. The number of fused-ring (bicyclic) bond motifs is 1. The van der Waals surface area contributed by atoms with E-state index in [1.807, 2.05) is 48.7 Å². The van der Waals surface area contributed by atoms with Gasteiger partial charge in [-0.15, -0.1) is 11.3 Å². The van der Waals surface area contributed by atoms with Crippen molar-refractivity contribution in [3.63, 3.8) is 0 Å². The van der Waals surface area contributed by atoms with Crippen molar-refractivity contribution in [1.82, 2.24) is 15.1 Å². The van der Waals surface area contributed by atoms with Gasteiger partial charge in [-0.25, -0.2) is 4.79 Å². The van der Waals surface area contributed by atoms with Crippen LogP contribution < -0.4 is 10.6 Å². The molecule has 2 heterocycles. The first-order chi connectivity index (χ1) is 18.0. The van der Waals surface area contributed by atoms with E-state index in [0.717, 1.165) is 48.2 Å². The second-order valence-corrected chi connectivity index (χ2v) is 10.8. The minimum absolute atomic E-state index is 0.0392. The Morgan fingerprint density at radius 1 is 1.03 bits per heavy atom. The summed E-state index contributed by atoms with van der Waals surface area (Å²) >= 11 is 1.60. The number of carbonyl (C=O) groups is 4.